The molecule has 4 nitrogen and oxygen atoms in total. The van der Waals surface area contributed by atoms with E-state index in [1.54, 1.807) is 12.1 Å². The predicted octanol–water partition coefficient (Wildman–Crippen LogP) is 3.54. The van der Waals surface area contributed by atoms with Crippen molar-refractivity contribution in [1.29, 1.82) is 0 Å². The van der Waals surface area contributed by atoms with E-state index < -0.39 is 0 Å². The van der Waals surface area contributed by atoms with Crippen LogP contribution in [0.3, 0.4) is 0 Å². The summed E-state index contributed by atoms with van der Waals surface area (Å²) in [6.07, 6.45) is 0. The number of ether oxygens (including phenoxy) is 1. The highest BCUT2D eigenvalue weighted by atomic mass is 79.9. The third-order valence-electron chi connectivity index (χ3n) is 3.59. The first-order valence-electron chi connectivity index (χ1n) is 7.23. The lowest BCUT2D eigenvalue weighted by molar-refractivity contribution is 0.102. The lowest BCUT2D eigenvalue weighted by Crippen LogP contribution is -2.36. The van der Waals surface area contributed by atoms with Crippen molar-refractivity contribution in [2.45, 2.75) is 0 Å². The van der Waals surface area contributed by atoms with Gasteiger partial charge in [0.2, 0.25) is 0 Å². The molecule has 0 atom stereocenters. The summed E-state index contributed by atoms with van der Waals surface area (Å²) in [5, 5.41) is 2.92. The minimum absolute atomic E-state index is 0.105. The van der Waals surface area contributed by atoms with E-state index in [0.717, 1.165) is 42.2 Å². The highest BCUT2D eigenvalue weighted by Crippen LogP contribution is 2.30. The summed E-state index contributed by atoms with van der Waals surface area (Å²) in [7, 11) is 0. The summed E-state index contributed by atoms with van der Waals surface area (Å²) in [5.41, 5.74) is 2.55. The van der Waals surface area contributed by atoms with Gasteiger partial charge in [-0.25, -0.2) is 0 Å². The number of nitrogens with one attached hydrogen (secondary N) is 1. The second kappa shape index (κ2) is 6.94. The zero-order chi connectivity index (χ0) is 15.4. The number of halogens is 1. The summed E-state index contributed by atoms with van der Waals surface area (Å²) in [6.45, 7) is 3.26. The Kier molecular flexibility index (Phi) is 4.75. The molecule has 0 saturated carbocycles. The van der Waals surface area contributed by atoms with Crippen LogP contribution in [0, 0.1) is 0 Å². The fraction of sp³-hybridized carbons (Fsp3) is 0.235. The van der Waals surface area contributed by atoms with Gasteiger partial charge in [0, 0.05) is 28.8 Å². The Morgan fingerprint density at radius 2 is 1.82 bits per heavy atom. The molecule has 1 aliphatic rings. The summed E-state index contributed by atoms with van der Waals surface area (Å²) < 4.78 is 6.34. The molecule has 22 heavy (non-hydrogen) atoms. The molecule has 1 fully saturated rings. The highest BCUT2D eigenvalue weighted by Gasteiger charge is 2.14. The molecular weight excluding hydrogens is 344 g/mol. The molecule has 1 N–H and O–H groups in total. The van der Waals surface area contributed by atoms with Gasteiger partial charge in [0.05, 0.1) is 18.9 Å². The Bertz CT molecular complexity index is 655. The van der Waals surface area contributed by atoms with E-state index in [0.29, 0.717) is 5.56 Å². The van der Waals surface area contributed by atoms with Crippen molar-refractivity contribution >= 4 is 33.2 Å². The Morgan fingerprint density at radius 3 is 2.50 bits per heavy atom. The fourth-order valence-corrected chi connectivity index (χ4v) is 3.07. The number of anilines is 2. The zero-order valence-electron chi connectivity index (χ0n) is 12.1. The Morgan fingerprint density at radius 1 is 1.09 bits per heavy atom. The molecule has 1 heterocycles. The van der Waals surface area contributed by atoms with Crippen molar-refractivity contribution in [3.63, 3.8) is 0 Å². The number of benzene rings is 2. The molecule has 3 rings (SSSR count). The van der Waals surface area contributed by atoms with E-state index in [1.807, 2.05) is 36.4 Å². The van der Waals surface area contributed by atoms with Crippen molar-refractivity contribution in [3.05, 3.63) is 58.6 Å². The quantitative estimate of drug-likeness (QED) is 0.909. The standard InChI is InChI=1S/C17H17BrN2O2/c18-15-12-14(19-17(21)13-4-2-1-3-5-13)6-7-16(15)20-8-10-22-11-9-20/h1-7,12H,8-11H2,(H,19,21). The molecule has 0 bridgehead atoms. The number of carbonyl (C=O) groups excluding carboxylic acids is 1. The molecule has 2 aromatic rings. The number of nitrogens with zero attached hydrogens (tertiary/aromatic N) is 1. The largest absolute Gasteiger partial charge is 0.378 e. The lowest BCUT2D eigenvalue weighted by Gasteiger charge is -2.29. The molecule has 1 aliphatic heterocycles. The van der Waals surface area contributed by atoms with Crippen LogP contribution in [0.4, 0.5) is 11.4 Å². The molecular formula is C17H17BrN2O2. The highest BCUT2D eigenvalue weighted by molar-refractivity contribution is 9.10. The van der Waals surface area contributed by atoms with Gasteiger partial charge in [-0.2, -0.15) is 0 Å². The van der Waals surface area contributed by atoms with Gasteiger partial charge in [-0.15, -0.1) is 0 Å². The number of hydrogen-bond acceptors (Lipinski definition) is 3. The number of morpholine rings is 1. The van der Waals surface area contributed by atoms with Gasteiger partial charge in [0.15, 0.2) is 0 Å². The fourth-order valence-electron chi connectivity index (χ4n) is 2.44. The van der Waals surface area contributed by atoms with Crippen molar-refractivity contribution in [2.75, 3.05) is 36.5 Å². The summed E-state index contributed by atoms with van der Waals surface area (Å²) in [4.78, 5) is 14.4. The minimum Gasteiger partial charge on any atom is -0.378 e. The number of carbonyl (C=O) groups is 1. The normalized spacial score (nSPS) is 14.7. The first-order chi connectivity index (χ1) is 10.7. The van der Waals surface area contributed by atoms with Gasteiger partial charge in [0.25, 0.3) is 5.91 Å². The second-order valence-electron chi connectivity index (χ2n) is 5.09. The molecule has 1 amide bonds. The average molecular weight is 361 g/mol. The molecule has 0 spiro atoms. The van der Waals surface area contributed by atoms with Gasteiger partial charge < -0.3 is 15.0 Å². The predicted molar refractivity (Wildman–Crippen MR) is 91.6 cm³/mol. The Balaban J connectivity index is 1.73. The van der Waals surface area contributed by atoms with E-state index in [9.17, 15) is 4.79 Å². The molecule has 0 unspecified atom stereocenters. The second-order valence-corrected chi connectivity index (χ2v) is 5.94. The van der Waals surface area contributed by atoms with E-state index >= 15 is 0 Å². The van der Waals surface area contributed by atoms with Crippen molar-refractivity contribution in [2.24, 2.45) is 0 Å². The first-order valence-corrected chi connectivity index (χ1v) is 8.02. The average Bonchev–Trinajstić information content (AvgIpc) is 2.56. The minimum atomic E-state index is -0.105. The molecule has 0 aromatic heterocycles. The monoisotopic (exact) mass is 360 g/mol. The van der Waals surface area contributed by atoms with Crippen LogP contribution in [0.5, 0.6) is 0 Å². The van der Waals surface area contributed by atoms with Crippen LogP contribution in [0.1, 0.15) is 10.4 Å². The van der Waals surface area contributed by atoms with Crippen LogP contribution in [-0.4, -0.2) is 32.2 Å². The molecule has 5 heteroatoms. The molecule has 2 aromatic carbocycles. The summed E-state index contributed by atoms with van der Waals surface area (Å²) in [5.74, 6) is -0.105. The van der Waals surface area contributed by atoms with E-state index in [4.69, 9.17) is 4.74 Å². The summed E-state index contributed by atoms with van der Waals surface area (Å²) in [6, 6.07) is 15.1. The maximum atomic E-state index is 12.2. The first kappa shape index (κ1) is 15.1. The smallest absolute Gasteiger partial charge is 0.255 e. The van der Waals surface area contributed by atoms with Gasteiger partial charge in [-0.3, -0.25) is 4.79 Å². The number of hydrogen-bond donors (Lipinski definition) is 1. The third-order valence-corrected chi connectivity index (χ3v) is 4.23. The van der Waals surface area contributed by atoms with Crippen molar-refractivity contribution in [3.8, 4) is 0 Å². The van der Waals surface area contributed by atoms with Crippen LogP contribution in [0.15, 0.2) is 53.0 Å². The Hall–Kier alpha value is -1.85. The van der Waals surface area contributed by atoms with Crippen molar-refractivity contribution < 1.29 is 9.53 Å². The third kappa shape index (κ3) is 3.48. The number of rotatable bonds is 3. The van der Waals surface area contributed by atoms with Gasteiger partial charge in [-0.1, -0.05) is 18.2 Å². The molecule has 0 radical (unpaired) electrons. The van der Waals surface area contributed by atoms with E-state index in [-0.39, 0.29) is 5.91 Å². The zero-order valence-corrected chi connectivity index (χ0v) is 13.7. The van der Waals surface area contributed by atoms with Gasteiger partial charge in [-0.05, 0) is 46.3 Å². The van der Waals surface area contributed by atoms with Crippen LogP contribution in [0.2, 0.25) is 0 Å². The maximum absolute atomic E-state index is 12.2. The van der Waals surface area contributed by atoms with Crippen LogP contribution >= 0.6 is 15.9 Å². The Labute approximate surface area is 138 Å². The van der Waals surface area contributed by atoms with E-state index in [1.165, 1.54) is 0 Å². The SMILES string of the molecule is O=C(Nc1ccc(N2CCOCC2)c(Br)c1)c1ccccc1. The molecule has 114 valence electrons. The molecule has 0 aliphatic carbocycles. The van der Waals surface area contributed by atoms with Crippen LogP contribution in [-0.2, 0) is 4.74 Å². The van der Waals surface area contributed by atoms with Crippen LogP contribution in [0.25, 0.3) is 0 Å². The number of amides is 1. The van der Waals surface area contributed by atoms with Crippen LogP contribution < -0.4 is 10.2 Å². The topological polar surface area (TPSA) is 41.6 Å². The molecule has 1 saturated heterocycles. The summed E-state index contributed by atoms with van der Waals surface area (Å²) >= 11 is 3.60. The van der Waals surface area contributed by atoms with Gasteiger partial charge in [0.1, 0.15) is 0 Å². The van der Waals surface area contributed by atoms with E-state index in [2.05, 4.69) is 26.1 Å². The lowest BCUT2D eigenvalue weighted by atomic mass is 10.2. The van der Waals surface area contributed by atoms with Crippen molar-refractivity contribution in [1.82, 2.24) is 0 Å². The maximum Gasteiger partial charge on any atom is 0.255 e. The van der Waals surface area contributed by atoms with Gasteiger partial charge >= 0.3 is 0 Å².